The minimum atomic E-state index is -0.229. The summed E-state index contributed by atoms with van der Waals surface area (Å²) in [5.41, 5.74) is 1.30. The van der Waals surface area contributed by atoms with E-state index in [-0.39, 0.29) is 5.82 Å². The highest BCUT2D eigenvalue weighted by atomic mass is 19.1. The quantitative estimate of drug-likeness (QED) is 0.850. The van der Waals surface area contributed by atoms with E-state index in [9.17, 15) is 4.39 Å². The van der Waals surface area contributed by atoms with Gasteiger partial charge in [0.15, 0.2) is 5.82 Å². The Kier molecular flexibility index (Phi) is 3.06. The molecule has 0 spiro atoms. The van der Waals surface area contributed by atoms with E-state index >= 15 is 0 Å². The van der Waals surface area contributed by atoms with E-state index in [0.717, 1.165) is 23.7 Å². The molecule has 1 aromatic heterocycles. The molecular formula is C15H19FN2. The lowest BCUT2D eigenvalue weighted by Gasteiger charge is -2.25. The summed E-state index contributed by atoms with van der Waals surface area (Å²) in [5.74, 6) is 2.29. The number of aromatic nitrogens is 2. The van der Waals surface area contributed by atoms with Crippen LogP contribution < -0.4 is 0 Å². The molecule has 1 aliphatic rings. The second-order valence-corrected chi connectivity index (χ2v) is 5.65. The van der Waals surface area contributed by atoms with Crippen molar-refractivity contribution < 1.29 is 4.39 Å². The molecule has 1 aliphatic carbocycles. The van der Waals surface area contributed by atoms with Crippen LogP contribution in [0.5, 0.6) is 0 Å². The molecule has 0 aliphatic heterocycles. The van der Waals surface area contributed by atoms with Crippen molar-refractivity contribution in [3.63, 3.8) is 0 Å². The van der Waals surface area contributed by atoms with Crippen LogP contribution in [0, 0.1) is 17.7 Å². The van der Waals surface area contributed by atoms with Gasteiger partial charge in [-0.15, -0.1) is 0 Å². The molecule has 0 atom stereocenters. The van der Waals surface area contributed by atoms with Gasteiger partial charge in [-0.2, -0.15) is 0 Å². The van der Waals surface area contributed by atoms with Crippen LogP contribution in [-0.4, -0.2) is 9.97 Å². The van der Waals surface area contributed by atoms with Gasteiger partial charge in [-0.05, 0) is 36.8 Å². The van der Waals surface area contributed by atoms with Gasteiger partial charge >= 0.3 is 0 Å². The third-order valence-electron chi connectivity index (χ3n) is 4.13. The zero-order valence-electron chi connectivity index (χ0n) is 10.7. The summed E-state index contributed by atoms with van der Waals surface area (Å²) in [5, 5.41) is 0. The zero-order valence-corrected chi connectivity index (χ0v) is 10.7. The van der Waals surface area contributed by atoms with Crippen LogP contribution in [0.25, 0.3) is 11.0 Å². The number of halogens is 1. The highest BCUT2D eigenvalue weighted by molar-refractivity contribution is 5.75. The summed E-state index contributed by atoms with van der Waals surface area (Å²) in [7, 11) is 0. The standard InChI is InChI=1S/C15H19FN2/c1-10-5-7-11(8-6-10)9-14-17-13-4-2-3-12(16)15(13)18-14/h2-4,10-11H,5-9H2,1H3,(H,17,18). The van der Waals surface area contributed by atoms with E-state index in [0.29, 0.717) is 11.4 Å². The van der Waals surface area contributed by atoms with Gasteiger partial charge < -0.3 is 4.98 Å². The first-order chi connectivity index (χ1) is 8.72. The largest absolute Gasteiger partial charge is 0.342 e. The molecule has 3 rings (SSSR count). The molecular weight excluding hydrogens is 227 g/mol. The van der Waals surface area contributed by atoms with Crippen molar-refractivity contribution in [3.05, 3.63) is 29.8 Å². The van der Waals surface area contributed by atoms with Gasteiger partial charge in [0.2, 0.25) is 0 Å². The SMILES string of the molecule is CC1CCC(Cc2nc3c(F)cccc3[nH]2)CC1. The predicted molar refractivity (Wildman–Crippen MR) is 70.9 cm³/mol. The number of aromatic amines is 1. The highest BCUT2D eigenvalue weighted by Crippen LogP contribution is 2.30. The lowest BCUT2D eigenvalue weighted by atomic mass is 9.81. The summed E-state index contributed by atoms with van der Waals surface area (Å²) in [6.07, 6.45) is 6.15. The maximum absolute atomic E-state index is 13.5. The fraction of sp³-hybridized carbons (Fsp3) is 0.533. The van der Waals surface area contributed by atoms with Crippen LogP contribution >= 0.6 is 0 Å². The van der Waals surface area contributed by atoms with Crippen LogP contribution in [0.15, 0.2) is 18.2 Å². The number of imidazole rings is 1. The van der Waals surface area contributed by atoms with E-state index in [2.05, 4.69) is 16.9 Å². The molecule has 1 saturated carbocycles. The molecule has 1 heterocycles. The van der Waals surface area contributed by atoms with Gasteiger partial charge in [-0.25, -0.2) is 9.37 Å². The first-order valence-corrected chi connectivity index (χ1v) is 6.85. The lowest BCUT2D eigenvalue weighted by molar-refractivity contribution is 0.286. The monoisotopic (exact) mass is 246 g/mol. The maximum atomic E-state index is 13.5. The summed E-state index contributed by atoms with van der Waals surface area (Å²) in [6.45, 7) is 2.33. The van der Waals surface area contributed by atoms with Crippen LogP contribution in [0.3, 0.4) is 0 Å². The zero-order chi connectivity index (χ0) is 12.5. The average molecular weight is 246 g/mol. The number of hydrogen-bond donors (Lipinski definition) is 1. The molecule has 2 aromatic rings. The van der Waals surface area contributed by atoms with Crippen molar-refractivity contribution in [1.29, 1.82) is 0 Å². The minimum Gasteiger partial charge on any atom is -0.342 e. The average Bonchev–Trinajstić information content (AvgIpc) is 2.76. The molecule has 96 valence electrons. The molecule has 0 unspecified atom stereocenters. The summed E-state index contributed by atoms with van der Waals surface area (Å²) >= 11 is 0. The first kappa shape index (κ1) is 11.7. The topological polar surface area (TPSA) is 28.7 Å². The number of nitrogens with one attached hydrogen (secondary N) is 1. The van der Waals surface area contributed by atoms with Crippen LogP contribution in [-0.2, 0) is 6.42 Å². The number of H-pyrrole nitrogens is 1. The normalized spacial score (nSPS) is 24.6. The van der Waals surface area contributed by atoms with Crippen molar-refractivity contribution in [2.24, 2.45) is 11.8 Å². The maximum Gasteiger partial charge on any atom is 0.151 e. The molecule has 0 radical (unpaired) electrons. The Hall–Kier alpha value is -1.38. The minimum absolute atomic E-state index is 0.229. The number of nitrogens with zero attached hydrogens (tertiary/aromatic N) is 1. The Morgan fingerprint density at radius 2 is 2.06 bits per heavy atom. The van der Waals surface area contributed by atoms with Crippen molar-refractivity contribution in [1.82, 2.24) is 9.97 Å². The molecule has 1 fully saturated rings. The van der Waals surface area contributed by atoms with E-state index < -0.39 is 0 Å². The Morgan fingerprint density at radius 1 is 1.28 bits per heavy atom. The molecule has 0 amide bonds. The Balaban J connectivity index is 1.77. The van der Waals surface area contributed by atoms with Gasteiger partial charge in [0.25, 0.3) is 0 Å². The first-order valence-electron chi connectivity index (χ1n) is 6.85. The predicted octanol–water partition coefficient (Wildman–Crippen LogP) is 4.07. The second-order valence-electron chi connectivity index (χ2n) is 5.65. The summed E-state index contributed by atoms with van der Waals surface area (Å²) in [6, 6.07) is 5.08. The van der Waals surface area contributed by atoms with Crippen LogP contribution in [0.2, 0.25) is 0 Å². The molecule has 1 aromatic carbocycles. The smallest absolute Gasteiger partial charge is 0.151 e. The number of para-hydroxylation sites is 1. The number of hydrogen-bond acceptors (Lipinski definition) is 1. The van der Waals surface area contributed by atoms with Crippen LogP contribution in [0.1, 0.15) is 38.4 Å². The highest BCUT2D eigenvalue weighted by Gasteiger charge is 2.20. The molecule has 0 saturated heterocycles. The van der Waals surface area contributed by atoms with Crippen molar-refractivity contribution >= 4 is 11.0 Å². The van der Waals surface area contributed by atoms with Gasteiger partial charge in [-0.3, -0.25) is 0 Å². The summed E-state index contributed by atoms with van der Waals surface area (Å²) < 4.78 is 13.5. The lowest BCUT2D eigenvalue weighted by Crippen LogP contribution is -2.14. The van der Waals surface area contributed by atoms with Gasteiger partial charge in [0, 0.05) is 6.42 Å². The van der Waals surface area contributed by atoms with E-state index in [1.165, 1.54) is 31.7 Å². The van der Waals surface area contributed by atoms with Gasteiger partial charge in [0.05, 0.1) is 5.52 Å². The van der Waals surface area contributed by atoms with Gasteiger partial charge in [-0.1, -0.05) is 25.8 Å². The molecule has 1 N–H and O–H groups in total. The van der Waals surface area contributed by atoms with Gasteiger partial charge in [0.1, 0.15) is 11.3 Å². The number of fused-ring (bicyclic) bond motifs is 1. The third kappa shape index (κ3) is 2.26. The van der Waals surface area contributed by atoms with Crippen molar-refractivity contribution in [2.75, 3.05) is 0 Å². The molecule has 2 nitrogen and oxygen atoms in total. The summed E-state index contributed by atoms with van der Waals surface area (Å²) in [4.78, 5) is 7.64. The number of rotatable bonds is 2. The Bertz CT molecular complexity index is 538. The van der Waals surface area contributed by atoms with Crippen molar-refractivity contribution in [2.45, 2.75) is 39.0 Å². The van der Waals surface area contributed by atoms with Crippen molar-refractivity contribution in [3.8, 4) is 0 Å². The molecule has 3 heteroatoms. The number of benzene rings is 1. The van der Waals surface area contributed by atoms with E-state index in [1.54, 1.807) is 6.07 Å². The Morgan fingerprint density at radius 3 is 2.78 bits per heavy atom. The van der Waals surface area contributed by atoms with E-state index in [4.69, 9.17) is 0 Å². The van der Waals surface area contributed by atoms with Crippen LogP contribution in [0.4, 0.5) is 4.39 Å². The third-order valence-corrected chi connectivity index (χ3v) is 4.13. The molecule has 0 bridgehead atoms. The fourth-order valence-electron chi connectivity index (χ4n) is 2.95. The second kappa shape index (κ2) is 4.71. The molecule has 18 heavy (non-hydrogen) atoms. The van der Waals surface area contributed by atoms with E-state index in [1.807, 2.05) is 6.07 Å². The fourth-order valence-corrected chi connectivity index (χ4v) is 2.95. The Labute approximate surface area is 107 Å².